The van der Waals surface area contributed by atoms with E-state index in [2.05, 4.69) is 9.97 Å². The van der Waals surface area contributed by atoms with E-state index in [9.17, 15) is 14.9 Å². The summed E-state index contributed by atoms with van der Waals surface area (Å²) in [6, 6.07) is 10.9. The molecule has 6 nitrogen and oxygen atoms in total. The molecule has 1 heterocycles. The molecule has 7 heteroatoms. The second kappa shape index (κ2) is 4.99. The van der Waals surface area contributed by atoms with Crippen molar-refractivity contribution in [3.8, 4) is 11.4 Å². The molecular weight excluding hydrogens is 294 g/mol. The van der Waals surface area contributed by atoms with Crippen LogP contribution >= 0.6 is 11.6 Å². The van der Waals surface area contributed by atoms with Gasteiger partial charge in [-0.15, -0.1) is 0 Å². The molecule has 0 saturated carbocycles. The molecule has 0 aliphatic rings. The molecule has 0 radical (unpaired) electrons. The maximum absolute atomic E-state index is 12.0. The van der Waals surface area contributed by atoms with Gasteiger partial charge in [0.2, 0.25) is 0 Å². The van der Waals surface area contributed by atoms with E-state index in [0.717, 1.165) is 0 Å². The number of fused-ring (bicyclic) bond motifs is 1. The zero-order valence-corrected chi connectivity index (χ0v) is 11.3. The number of aromatic nitrogens is 2. The fourth-order valence-corrected chi connectivity index (χ4v) is 2.29. The van der Waals surface area contributed by atoms with Crippen LogP contribution in [0.3, 0.4) is 0 Å². The van der Waals surface area contributed by atoms with Crippen LogP contribution in [-0.4, -0.2) is 14.9 Å². The van der Waals surface area contributed by atoms with E-state index in [1.807, 2.05) is 0 Å². The average molecular weight is 302 g/mol. The molecular formula is C14H8ClN3O3. The topological polar surface area (TPSA) is 88.9 Å². The molecule has 3 aromatic rings. The zero-order chi connectivity index (χ0) is 15.0. The van der Waals surface area contributed by atoms with Crippen LogP contribution in [0, 0.1) is 10.1 Å². The summed E-state index contributed by atoms with van der Waals surface area (Å²) in [5, 5.41) is 11.3. The van der Waals surface area contributed by atoms with Crippen molar-refractivity contribution < 1.29 is 4.92 Å². The Labute approximate surface area is 123 Å². The van der Waals surface area contributed by atoms with Gasteiger partial charge in [0.05, 0.1) is 20.8 Å². The van der Waals surface area contributed by atoms with Gasteiger partial charge in [-0.1, -0.05) is 23.7 Å². The Hall–Kier alpha value is -2.73. The number of nitro groups is 1. The van der Waals surface area contributed by atoms with Crippen LogP contribution in [0.25, 0.3) is 22.3 Å². The lowest BCUT2D eigenvalue weighted by Gasteiger charge is -2.05. The van der Waals surface area contributed by atoms with Crippen molar-refractivity contribution in [3.05, 3.63) is 68.0 Å². The second-order valence-corrected chi connectivity index (χ2v) is 4.76. The van der Waals surface area contributed by atoms with Crippen molar-refractivity contribution in [2.75, 3.05) is 0 Å². The number of hydrogen-bond acceptors (Lipinski definition) is 4. The van der Waals surface area contributed by atoms with Gasteiger partial charge in [-0.25, -0.2) is 4.98 Å². The highest BCUT2D eigenvalue weighted by Gasteiger charge is 2.13. The first-order valence-electron chi connectivity index (χ1n) is 5.99. The first-order chi connectivity index (χ1) is 10.1. The molecule has 0 bridgehead atoms. The van der Waals surface area contributed by atoms with Gasteiger partial charge < -0.3 is 4.98 Å². The Morgan fingerprint density at radius 3 is 2.67 bits per heavy atom. The third-order valence-corrected chi connectivity index (χ3v) is 3.34. The van der Waals surface area contributed by atoms with Crippen molar-refractivity contribution in [3.63, 3.8) is 0 Å². The molecule has 0 aliphatic heterocycles. The smallest absolute Gasteiger partial charge is 0.270 e. The van der Waals surface area contributed by atoms with E-state index in [4.69, 9.17) is 11.6 Å². The third kappa shape index (κ3) is 2.36. The van der Waals surface area contributed by atoms with Gasteiger partial charge in [-0.05, 0) is 18.2 Å². The molecule has 0 unspecified atom stereocenters. The standard InChI is InChI=1S/C14H8ClN3O3/c15-11-7-8(18(20)21)5-6-9(11)13-16-12-4-2-1-3-10(12)14(19)17-13/h1-7H,(H,16,17,19). The molecule has 3 rings (SSSR count). The van der Waals surface area contributed by atoms with E-state index in [1.54, 1.807) is 24.3 Å². The Morgan fingerprint density at radius 2 is 1.95 bits per heavy atom. The van der Waals surface area contributed by atoms with Crippen LogP contribution in [0.15, 0.2) is 47.3 Å². The van der Waals surface area contributed by atoms with E-state index in [-0.39, 0.29) is 22.1 Å². The highest BCUT2D eigenvalue weighted by atomic mass is 35.5. The fourth-order valence-electron chi connectivity index (χ4n) is 2.02. The molecule has 0 spiro atoms. The molecule has 2 aromatic carbocycles. The summed E-state index contributed by atoms with van der Waals surface area (Å²) in [5.74, 6) is 0.276. The van der Waals surface area contributed by atoms with Crippen molar-refractivity contribution in [1.29, 1.82) is 0 Å². The van der Waals surface area contributed by atoms with E-state index >= 15 is 0 Å². The first-order valence-corrected chi connectivity index (χ1v) is 6.37. The van der Waals surface area contributed by atoms with Gasteiger partial charge in [-0.3, -0.25) is 14.9 Å². The summed E-state index contributed by atoms with van der Waals surface area (Å²) in [7, 11) is 0. The predicted octanol–water partition coefficient (Wildman–Crippen LogP) is 3.15. The fraction of sp³-hybridized carbons (Fsp3) is 0. The summed E-state index contributed by atoms with van der Waals surface area (Å²) >= 11 is 6.05. The van der Waals surface area contributed by atoms with E-state index in [0.29, 0.717) is 16.5 Å². The summed E-state index contributed by atoms with van der Waals surface area (Å²) < 4.78 is 0. The molecule has 0 amide bonds. The van der Waals surface area contributed by atoms with Crippen LogP contribution < -0.4 is 5.56 Å². The van der Waals surface area contributed by atoms with Gasteiger partial charge in [0, 0.05) is 17.7 Å². The van der Waals surface area contributed by atoms with Crippen molar-refractivity contribution in [2.45, 2.75) is 0 Å². The molecule has 0 atom stereocenters. The Morgan fingerprint density at radius 1 is 1.19 bits per heavy atom. The number of hydrogen-bond donors (Lipinski definition) is 1. The minimum atomic E-state index is -0.535. The minimum absolute atomic E-state index is 0.119. The first kappa shape index (κ1) is 13.3. The minimum Gasteiger partial charge on any atom is -0.306 e. The van der Waals surface area contributed by atoms with Gasteiger partial charge in [-0.2, -0.15) is 0 Å². The maximum Gasteiger partial charge on any atom is 0.270 e. The Balaban J connectivity index is 2.21. The normalized spacial score (nSPS) is 10.7. The lowest BCUT2D eigenvalue weighted by molar-refractivity contribution is -0.384. The Kier molecular flexibility index (Phi) is 3.15. The van der Waals surface area contributed by atoms with Crippen LogP contribution in [-0.2, 0) is 0 Å². The third-order valence-electron chi connectivity index (χ3n) is 3.03. The van der Waals surface area contributed by atoms with Gasteiger partial charge in [0.1, 0.15) is 5.82 Å². The summed E-state index contributed by atoms with van der Waals surface area (Å²) in [6.45, 7) is 0. The highest BCUT2D eigenvalue weighted by molar-refractivity contribution is 6.33. The number of rotatable bonds is 2. The predicted molar refractivity (Wildman–Crippen MR) is 79.5 cm³/mol. The molecule has 104 valence electrons. The summed E-state index contributed by atoms with van der Waals surface area (Å²) in [5.41, 5.74) is 0.563. The number of H-pyrrole nitrogens is 1. The number of benzene rings is 2. The second-order valence-electron chi connectivity index (χ2n) is 4.35. The molecule has 1 aromatic heterocycles. The number of aromatic amines is 1. The lowest BCUT2D eigenvalue weighted by Crippen LogP contribution is -2.09. The summed E-state index contributed by atoms with van der Waals surface area (Å²) in [4.78, 5) is 29.1. The molecule has 1 N–H and O–H groups in total. The van der Waals surface area contributed by atoms with Crippen molar-refractivity contribution >= 4 is 28.2 Å². The van der Waals surface area contributed by atoms with E-state index in [1.165, 1.54) is 18.2 Å². The van der Waals surface area contributed by atoms with Crippen LogP contribution in [0.2, 0.25) is 5.02 Å². The lowest BCUT2D eigenvalue weighted by atomic mass is 10.1. The van der Waals surface area contributed by atoms with Gasteiger partial charge in [0.15, 0.2) is 0 Å². The number of non-ortho nitro benzene ring substituents is 1. The van der Waals surface area contributed by atoms with Crippen LogP contribution in [0.4, 0.5) is 5.69 Å². The number of para-hydroxylation sites is 1. The van der Waals surface area contributed by atoms with Gasteiger partial charge in [0.25, 0.3) is 11.2 Å². The maximum atomic E-state index is 12.0. The van der Waals surface area contributed by atoms with E-state index < -0.39 is 4.92 Å². The largest absolute Gasteiger partial charge is 0.306 e. The van der Waals surface area contributed by atoms with Crippen molar-refractivity contribution in [1.82, 2.24) is 9.97 Å². The zero-order valence-electron chi connectivity index (χ0n) is 10.5. The van der Waals surface area contributed by atoms with Crippen LogP contribution in [0.5, 0.6) is 0 Å². The highest BCUT2D eigenvalue weighted by Crippen LogP contribution is 2.29. The van der Waals surface area contributed by atoms with Crippen molar-refractivity contribution in [2.24, 2.45) is 0 Å². The SMILES string of the molecule is O=c1[nH]c(-c2ccc([N+](=O)[O-])cc2Cl)nc2ccccc12. The molecule has 0 aliphatic carbocycles. The number of halogens is 1. The average Bonchev–Trinajstić information content (AvgIpc) is 2.47. The molecule has 21 heavy (non-hydrogen) atoms. The number of nitrogens with one attached hydrogen (secondary N) is 1. The van der Waals surface area contributed by atoms with Crippen LogP contribution in [0.1, 0.15) is 0 Å². The van der Waals surface area contributed by atoms with Gasteiger partial charge >= 0.3 is 0 Å². The number of nitro benzene ring substituents is 1. The summed E-state index contributed by atoms with van der Waals surface area (Å²) in [6.07, 6.45) is 0. The monoisotopic (exact) mass is 301 g/mol. The molecule has 0 fully saturated rings. The quantitative estimate of drug-likeness (QED) is 0.581. The molecule has 0 saturated heterocycles. The number of nitrogens with zero attached hydrogens (tertiary/aromatic N) is 2. The Bertz CT molecular complexity index is 921.